The lowest BCUT2D eigenvalue weighted by Gasteiger charge is -2.45. The van der Waals surface area contributed by atoms with Gasteiger partial charge in [0.1, 0.15) is 6.07 Å². The fourth-order valence-corrected chi connectivity index (χ4v) is 13.1. The van der Waals surface area contributed by atoms with Gasteiger partial charge in [0.05, 0.1) is 22.3 Å². The van der Waals surface area contributed by atoms with Crippen LogP contribution in [0.25, 0.3) is 72.8 Å². The van der Waals surface area contributed by atoms with Crippen LogP contribution in [-0.4, -0.2) is 26.2 Å². The number of hydrogen-bond donors (Lipinski definition) is 0. The molecule has 0 fully saturated rings. The fourth-order valence-electron chi connectivity index (χ4n) is 13.1. The Labute approximate surface area is 518 Å². The van der Waals surface area contributed by atoms with Crippen molar-refractivity contribution in [3.63, 3.8) is 0 Å². The Kier molecular flexibility index (Phi) is 13.2. The molecule has 0 N–H and O–H groups in total. The van der Waals surface area contributed by atoms with Crippen molar-refractivity contribution in [2.24, 2.45) is 0 Å². The maximum absolute atomic E-state index is 11.2. The van der Waals surface area contributed by atoms with E-state index in [1.54, 1.807) is 0 Å². The molecule has 2 aliphatic rings. The highest BCUT2D eigenvalue weighted by atomic mass is 15.2. The molecule has 430 valence electrons. The first-order valence-electron chi connectivity index (χ1n) is 30.8. The normalized spacial score (nSPS) is 13.1. The number of benzene rings is 10. The summed E-state index contributed by atoms with van der Waals surface area (Å²) in [6.07, 6.45) is 0. The molecule has 0 spiro atoms. The predicted octanol–water partition coefficient (Wildman–Crippen LogP) is 18.8. The number of fused-ring (bicyclic) bond motifs is 7. The highest BCUT2D eigenvalue weighted by Gasteiger charge is 2.44. The van der Waals surface area contributed by atoms with E-state index in [-0.39, 0.29) is 28.4 Å². The van der Waals surface area contributed by atoms with Gasteiger partial charge in [0.15, 0.2) is 17.5 Å². The molecule has 8 heteroatoms. The number of nitrogens with zero attached hydrogens (tertiary/aromatic N) is 7. The summed E-state index contributed by atoms with van der Waals surface area (Å²) in [5, 5.41) is 13.4. The van der Waals surface area contributed by atoms with Gasteiger partial charge < -0.3 is 14.4 Å². The number of nitriles is 1. The summed E-state index contributed by atoms with van der Waals surface area (Å²) in [4.78, 5) is 20.1. The van der Waals surface area contributed by atoms with E-state index in [0.717, 1.165) is 78.1 Å². The largest absolute Gasteiger partial charge is 0.311 e. The van der Waals surface area contributed by atoms with Crippen molar-refractivity contribution < 1.29 is 0 Å². The smallest absolute Gasteiger partial charge is 0.252 e. The SMILES string of the molecule is CC(C)(C)c1cc(N2c3ccccc3B3c4ccccc4N(c4cc(C(C)(C)C)cc(C(C)(C)C)c4)c4cc(-c5ccc6c(c5)c5ccccc5n6-c5ccc(-c6nc(-c7ccccc7)nc(-c7ccccc7)n6)cc5C#N)cc2c43)cc(C(C)(C)C)c1. The molecule has 14 rings (SSSR count). The van der Waals surface area contributed by atoms with E-state index >= 15 is 0 Å². The van der Waals surface area contributed by atoms with E-state index in [9.17, 15) is 5.26 Å². The van der Waals surface area contributed by atoms with Crippen LogP contribution in [0.3, 0.4) is 0 Å². The molecule has 88 heavy (non-hydrogen) atoms. The summed E-state index contributed by atoms with van der Waals surface area (Å²) < 4.78 is 2.25. The van der Waals surface area contributed by atoms with E-state index < -0.39 is 0 Å². The van der Waals surface area contributed by atoms with E-state index in [1.165, 1.54) is 50.0 Å². The van der Waals surface area contributed by atoms with Crippen LogP contribution in [-0.2, 0) is 21.7 Å². The highest BCUT2D eigenvalue weighted by molar-refractivity contribution is 7.00. The maximum atomic E-state index is 11.2. The number of aromatic nitrogens is 4. The van der Waals surface area contributed by atoms with Crippen molar-refractivity contribution in [1.82, 2.24) is 19.5 Å². The summed E-state index contributed by atoms with van der Waals surface area (Å²) >= 11 is 0. The molecule has 0 bridgehead atoms. The Morgan fingerprint density at radius 2 is 0.761 bits per heavy atom. The average molecular weight is 1140 g/mol. The number of rotatable bonds is 7. The Morgan fingerprint density at radius 3 is 1.24 bits per heavy atom. The third kappa shape index (κ3) is 9.65. The Morgan fingerprint density at radius 1 is 0.341 bits per heavy atom. The summed E-state index contributed by atoms with van der Waals surface area (Å²) in [6.45, 7) is 27.9. The van der Waals surface area contributed by atoms with Gasteiger partial charge in [-0.3, -0.25) is 0 Å². The van der Waals surface area contributed by atoms with Gasteiger partial charge in [-0.15, -0.1) is 0 Å². The van der Waals surface area contributed by atoms with Gasteiger partial charge in [0, 0.05) is 61.6 Å². The van der Waals surface area contributed by atoms with Crippen LogP contribution in [0, 0.1) is 11.3 Å². The Bertz CT molecular complexity index is 4540. The maximum Gasteiger partial charge on any atom is 0.252 e. The predicted molar refractivity (Wildman–Crippen MR) is 369 cm³/mol. The second-order valence-electron chi connectivity index (χ2n) is 28.2. The van der Waals surface area contributed by atoms with Gasteiger partial charge in [-0.25, -0.2) is 15.0 Å². The minimum absolute atomic E-state index is 0.0390. The number of anilines is 6. The molecule has 7 nitrogen and oxygen atoms in total. The molecule has 0 saturated carbocycles. The zero-order valence-electron chi connectivity index (χ0n) is 52.5. The molecular weight excluding hydrogens is 1070 g/mol. The first kappa shape index (κ1) is 56.0. The van der Waals surface area contributed by atoms with E-state index in [1.807, 2.05) is 78.9 Å². The summed E-state index contributed by atoms with van der Waals surface area (Å²) in [5.74, 6) is 1.63. The van der Waals surface area contributed by atoms with Crippen LogP contribution in [0.4, 0.5) is 34.1 Å². The van der Waals surface area contributed by atoms with Crippen LogP contribution < -0.4 is 26.2 Å². The average Bonchev–Trinajstić information content (AvgIpc) is 0.838. The third-order valence-corrected chi connectivity index (χ3v) is 18.0. The van der Waals surface area contributed by atoms with Crippen molar-refractivity contribution in [3.05, 3.63) is 246 Å². The zero-order chi connectivity index (χ0) is 61.2. The molecule has 2 aliphatic heterocycles. The zero-order valence-corrected chi connectivity index (χ0v) is 52.5. The van der Waals surface area contributed by atoms with Crippen molar-refractivity contribution in [1.29, 1.82) is 5.26 Å². The van der Waals surface area contributed by atoms with Crippen LogP contribution in [0.2, 0.25) is 0 Å². The molecule has 0 unspecified atom stereocenters. The van der Waals surface area contributed by atoms with Crippen molar-refractivity contribution >= 4 is 79.0 Å². The van der Waals surface area contributed by atoms with E-state index in [0.29, 0.717) is 23.0 Å². The molecule has 2 aromatic heterocycles. The van der Waals surface area contributed by atoms with Crippen molar-refractivity contribution in [2.45, 2.75) is 105 Å². The molecule has 0 atom stereocenters. The van der Waals surface area contributed by atoms with Crippen LogP contribution in [0.1, 0.15) is 111 Å². The van der Waals surface area contributed by atoms with Crippen LogP contribution >= 0.6 is 0 Å². The lowest BCUT2D eigenvalue weighted by Crippen LogP contribution is -2.61. The topological polar surface area (TPSA) is 73.9 Å². The standard InChI is InChI=1S/C80H72BN7/c1-77(2,3)56-43-57(78(4,5)6)46-60(45-56)86-69-33-23-20-30-64(69)81-65-31-21-24-34-70(65)87(61-47-58(79(7,8)9)44-59(48-61)80(10,11)12)72-42-54(41-71(86)73(72)81)52-35-38-68-63(40-52)62-29-19-22-32-67(62)88(68)66-37-36-53(39-55(66)49-82)76-84-74(50-25-15-13-16-26-50)83-75(85-76)51-27-17-14-18-28-51/h13-48H,1-12H3. The molecule has 12 aromatic rings. The molecule has 0 aliphatic carbocycles. The molecular formula is C80H72BN7. The second kappa shape index (κ2) is 20.7. The van der Waals surface area contributed by atoms with Gasteiger partial charge in [-0.05, 0) is 156 Å². The van der Waals surface area contributed by atoms with Crippen molar-refractivity contribution in [2.75, 3.05) is 9.80 Å². The third-order valence-electron chi connectivity index (χ3n) is 18.0. The first-order chi connectivity index (χ1) is 42.1. The second-order valence-corrected chi connectivity index (χ2v) is 28.2. The quantitative estimate of drug-likeness (QED) is 0.148. The van der Waals surface area contributed by atoms with Crippen LogP contribution in [0.5, 0.6) is 0 Å². The minimum Gasteiger partial charge on any atom is -0.311 e. The molecule has 0 radical (unpaired) electrons. The van der Waals surface area contributed by atoms with E-state index in [4.69, 9.17) is 15.0 Å². The number of hydrogen-bond acceptors (Lipinski definition) is 6. The van der Waals surface area contributed by atoms with Gasteiger partial charge in [0.25, 0.3) is 6.71 Å². The van der Waals surface area contributed by atoms with Gasteiger partial charge in [-0.1, -0.05) is 217 Å². The highest BCUT2D eigenvalue weighted by Crippen LogP contribution is 2.49. The molecule has 0 amide bonds. The van der Waals surface area contributed by atoms with Gasteiger partial charge >= 0.3 is 0 Å². The van der Waals surface area contributed by atoms with Gasteiger partial charge in [-0.2, -0.15) is 5.26 Å². The Balaban J connectivity index is 1.00. The van der Waals surface area contributed by atoms with Crippen LogP contribution in [0.15, 0.2) is 218 Å². The monoisotopic (exact) mass is 1140 g/mol. The summed E-state index contributed by atoms with van der Waals surface area (Å²) in [7, 11) is 0. The minimum atomic E-state index is -0.106. The molecule has 0 saturated heterocycles. The molecule has 4 heterocycles. The Hall–Kier alpha value is -9.84. The first-order valence-corrected chi connectivity index (χ1v) is 30.8. The summed E-state index contributed by atoms with van der Waals surface area (Å²) in [5.41, 5.74) is 23.6. The van der Waals surface area contributed by atoms with Gasteiger partial charge in [0.2, 0.25) is 0 Å². The van der Waals surface area contributed by atoms with Crippen molar-refractivity contribution in [3.8, 4) is 57.0 Å². The molecule has 10 aromatic carbocycles. The number of para-hydroxylation sites is 3. The lowest BCUT2D eigenvalue weighted by molar-refractivity contribution is 0.568. The van der Waals surface area contributed by atoms with E-state index in [2.05, 4.69) is 243 Å². The summed E-state index contributed by atoms with van der Waals surface area (Å²) in [6, 6.07) is 81.9. The fraction of sp³-hybridized carbons (Fsp3) is 0.200. The lowest BCUT2D eigenvalue weighted by atomic mass is 9.33.